The van der Waals surface area contributed by atoms with Crippen molar-refractivity contribution in [1.82, 2.24) is 0 Å². The van der Waals surface area contributed by atoms with E-state index in [1.165, 1.54) is 0 Å². The molecule has 1 aromatic rings. The van der Waals surface area contributed by atoms with Crippen molar-refractivity contribution in [3.05, 3.63) is 35.4 Å². The number of rotatable bonds is 3. The highest BCUT2D eigenvalue weighted by Crippen LogP contribution is 2.22. The average Bonchev–Trinajstić information content (AvgIpc) is 2.28. The quantitative estimate of drug-likeness (QED) is 0.585. The van der Waals surface area contributed by atoms with Crippen LogP contribution in [0.15, 0.2) is 24.3 Å². The van der Waals surface area contributed by atoms with Gasteiger partial charge in [-0.15, -0.1) is 0 Å². The summed E-state index contributed by atoms with van der Waals surface area (Å²) in [6, 6.07) is 6.88. The molecule has 1 rings (SSSR count). The summed E-state index contributed by atoms with van der Waals surface area (Å²) in [7, 11) is 0. The Labute approximate surface area is 88.6 Å². The lowest BCUT2D eigenvalue weighted by Crippen LogP contribution is -2.28. The van der Waals surface area contributed by atoms with Crippen LogP contribution in [0.2, 0.25) is 0 Å². The lowest BCUT2D eigenvalue weighted by molar-refractivity contribution is -0.182. The second kappa shape index (κ2) is 4.42. The smallest absolute Gasteiger partial charge is 0.330 e. The molecule has 3 N–H and O–H groups in total. The summed E-state index contributed by atoms with van der Waals surface area (Å²) in [5.41, 5.74) is 6.68. The molecule has 0 aliphatic carbocycles. The molecule has 0 unspecified atom stereocenters. The van der Waals surface area contributed by atoms with Crippen molar-refractivity contribution in [2.45, 2.75) is 19.3 Å². The Morgan fingerprint density at radius 3 is 2.73 bits per heavy atom. The SMILES string of the molecule is CC(C)(CN)c1cccc(C(=O)OO)c1. The summed E-state index contributed by atoms with van der Waals surface area (Å²) in [6.07, 6.45) is 0. The van der Waals surface area contributed by atoms with Crippen LogP contribution in [-0.4, -0.2) is 17.8 Å². The molecule has 4 heteroatoms. The second-order valence-electron chi connectivity index (χ2n) is 4.05. The predicted octanol–water partition coefficient (Wildman–Crippen LogP) is 1.55. The largest absolute Gasteiger partial charge is 0.372 e. The van der Waals surface area contributed by atoms with E-state index in [0.29, 0.717) is 12.1 Å². The molecule has 0 spiro atoms. The van der Waals surface area contributed by atoms with Gasteiger partial charge in [0.1, 0.15) is 0 Å². The van der Waals surface area contributed by atoms with Gasteiger partial charge in [-0.3, -0.25) is 4.89 Å². The van der Waals surface area contributed by atoms with Gasteiger partial charge < -0.3 is 5.73 Å². The molecular weight excluding hydrogens is 194 g/mol. The molecule has 0 amide bonds. The summed E-state index contributed by atoms with van der Waals surface area (Å²) < 4.78 is 0. The molecule has 0 aliphatic rings. The molecule has 0 bridgehead atoms. The Hall–Kier alpha value is -1.39. The first-order valence-corrected chi connectivity index (χ1v) is 4.67. The molecule has 0 aliphatic heterocycles. The van der Waals surface area contributed by atoms with E-state index >= 15 is 0 Å². The monoisotopic (exact) mass is 209 g/mol. The maximum Gasteiger partial charge on any atom is 0.372 e. The zero-order valence-electron chi connectivity index (χ0n) is 8.86. The molecular formula is C11H15NO3. The highest BCUT2D eigenvalue weighted by Gasteiger charge is 2.19. The third-order valence-electron chi connectivity index (χ3n) is 2.47. The van der Waals surface area contributed by atoms with E-state index in [1.54, 1.807) is 18.2 Å². The summed E-state index contributed by atoms with van der Waals surface area (Å²) in [4.78, 5) is 14.7. The van der Waals surface area contributed by atoms with Crippen LogP contribution < -0.4 is 5.73 Å². The van der Waals surface area contributed by atoms with Gasteiger partial charge in [-0.05, 0) is 17.7 Å². The first-order chi connectivity index (χ1) is 7.01. The van der Waals surface area contributed by atoms with Crippen LogP contribution in [0.25, 0.3) is 0 Å². The van der Waals surface area contributed by atoms with Crippen LogP contribution in [0.4, 0.5) is 0 Å². The molecule has 0 atom stereocenters. The van der Waals surface area contributed by atoms with Gasteiger partial charge in [-0.1, -0.05) is 26.0 Å². The Kier molecular flexibility index (Phi) is 3.44. The number of carbonyl (C=O) groups excluding carboxylic acids is 1. The number of hydrogen-bond acceptors (Lipinski definition) is 4. The van der Waals surface area contributed by atoms with Crippen molar-refractivity contribution in [2.24, 2.45) is 5.73 Å². The second-order valence-corrected chi connectivity index (χ2v) is 4.05. The van der Waals surface area contributed by atoms with Gasteiger partial charge in [0.25, 0.3) is 0 Å². The molecule has 0 radical (unpaired) electrons. The van der Waals surface area contributed by atoms with Crippen molar-refractivity contribution in [1.29, 1.82) is 0 Å². The third kappa shape index (κ3) is 2.55. The lowest BCUT2D eigenvalue weighted by atomic mass is 9.84. The minimum absolute atomic E-state index is 0.203. The van der Waals surface area contributed by atoms with E-state index < -0.39 is 5.97 Å². The zero-order chi connectivity index (χ0) is 11.5. The zero-order valence-corrected chi connectivity index (χ0v) is 8.86. The number of benzene rings is 1. The third-order valence-corrected chi connectivity index (χ3v) is 2.47. The maximum atomic E-state index is 11.1. The highest BCUT2D eigenvalue weighted by atomic mass is 17.1. The molecule has 0 heterocycles. The van der Waals surface area contributed by atoms with Crippen LogP contribution in [0.5, 0.6) is 0 Å². The molecule has 1 aromatic carbocycles. The first kappa shape index (κ1) is 11.7. The van der Waals surface area contributed by atoms with Gasteiger partial charge in [0.15, 0.2) is 0 Å². The molecule has 0 saturated heterocycles. The minimum atomic E-state index is -0.760. The van der Waals surface area contributed by atoms with E-state index in [-0.39, 0.29) is 5.41 Å². The van der Waals surface area contributed by atoms with Crippen LogP contribution in [-0.2, 0) is 10.3 Å². The molecule has 82 valence electrons. The van der Waals surface area contributed by atoms with Crippen molar-refractivity contribution in [2.75, 3.05) is 6.54 Å². The molecule has 0 fully saturated rings. The lowest BCUT2D eigenvalue weighted by Gasteiger charge is -2.23. The standard InChI is InChI=1S/C11H15NO3/c1-11(2,7-12)9-5-3-4-8(6-9)10(13)15-14/h3-6,14H,7,12H2,1-2H3. The van der Waals surface area contributed by atoms with Crippen molar-refractivity contribution >= 4 is 5.97 Å². The fourth-order valence-electron chi connectivity index (χ4n) is 1.24. The number of nitrogens with two attached hydrogens (primary N) is 1. The van der Waals surface area contributed by atoms with Crippen molar-refractivity contribution in [3.63, 3.8) is 0 Å². The van der Waals surface area contributed by atoms with Gasteiger partial charge in [0, 0.05) is 12.0 Å². The number of carbonyl (C=O) groups is 1. The van der Waals surface area contributed by atoms with Gasteiger partial charge in [-0.2, -0.15) is 5.26 Å². The molecule has 0 aromatic heterocycles. The average molecular weight is 209 g/mol. The van der Waals surface area contributed by atoms with Crippen molar-refractivity contribution < 1.29 is 14.9 Å². The van der Waals surface area contributed by atoms with Crippen molar-refractivity contribution in [3.8, 4) is 0 Å². The van der Waals surface area contributed by atoms with Crippen LogP contribution in [0, 0.1) is 0 Å². The Bertz CT molecular complexity index is 361. The minimum Gasteiger partial charge on any atom is -0.330 e. The molecule has 15 heavy (non-hydrogen) atoms. The highest BCUT2D eigenvalue weighted by molar-refractivity contribution is 5.89. The maximum absolute atomic E-state index is 11.1. The number of hydrogen-bond donors (Lipinski definition) is 2. The summed E-state index contributed by atoms with van der Waals surface area (Å²) in [5, 5.41) is 8.26. The fraction of sp³-hybridized carbons (Fsp3) is 0.364. The Balaban J connectivity index is 3.08. The molecule has 0 saturated carbocycles. The fourth-order valence-corrected chi connectivity index (χ4v) is 1.24. The van der Waals surface area contributed by atoms with Gasteiger partial charge in [0.05, 0.1) is 5.56 Å². The Morgan fingerprint density at radius 2 is 2.20 bits per heavy atom. The predicted molar refractivity (Wildman–Crippen MR) is 56.6 cm³/mol. The summed E-state index contributed by atoms with van der Waals surface area (Å²) in [5.74, 6) is -0.760. The summed E-state index contributed by atoms with van der Waals surface area (Å²) >= 11 is 0. The Morgan fingerprint density at radius 1 is 1.53 bits per heavy atom. The summed E-state index contributed by atoms with van der Waals surface area (Å²) in [6.45, 7) is 4.44. The molecule has 4 nitrogen and oxygen atoms in total. The normalized spacial score (nSPS) is 11.2. The topological polar surface area (TPSA) is 72.6 Å². The first-order valence-electron chi connectivity index (χ1n) is 4.67. The van der Waals surface area contributed by atoms with Crippen LogP contribution in [0.3, 0.4) is 0 Å². The van der Waals surface area contributed by atoms with Crippen LogP contribution >= 0.6 is 0 Å². The van der Waals surface area contributed by atoms with Gasteiger partial charge >= 0.3 is 5.97 Å². The van der Waals surface area contributed by atoms with E-state index in [9.17, 15) is 4.79 Å². The van der Waals surface area contributed by atoms with Gasteiger partial charge in [-0.25, -0.2) is 4.79 Å². The van der Waals surface area contributed by atoms with E-state index in [4.69, 9.17) is 11.0 Å². The van der Waals surface area contributed by atoms with E-state index in [0.717, 1.165) is 5.56 Å². The van der Waals surface area contributed by atoms with E-state index in [1.807, 2.05) is 19.9 Å². The van der Waals surface area contributed by atoms with Crippen LogP contribution in [0.1, 0.15) is 29.8 Å². The van der Waals surface area contributed by atoms with Gasteiger partial charge in [0.2, 0.25) is 0 Å². The van der Waals surface area contributed by atoms with E-state index in [2.05, 4.69) is 4.89 Å².